The van der Waals surface area contributed by atoms with E-state index in [0.717, 1.165) is 64.4 Å². The normalized spacial score (nSPS) is 25.4. The molecule has 7 heteroatoms. The van der Waals surface area contributed by atoms with Crippen LogP contribution >= 0.6 is 24.0 Å². The summed E-state index contributed by atoms with van der Waals surface area (Å²) in [6.07, 6.45) is 6.47. The van der Waals surface area contributed by atoms with Gasteiger partial charge in [0.25, 0.3) is 0 Å². The summed E-state index contributed by atoms with van der Waals surface area (Å²) in [5.74, 6) is 1.89. The molecule has 6 nitrogen and oxygen atoms in total. The number of rotatable bonds is 8. The van der Waals surface area contributed by atoms with E-state index < -0.39 is 0 Å². The smallest absolute Gasteiger partial charge is 0.194 e. The van der Waals surface area contributed by atoms with Crippen molar-refractivity contribution < 1.29 is 4.74 Å². The zero-order valence-electron chi connectivity index (χ0n) is 18.9. The molecule has 170 valence electrons. The number of hydrogen-bond donors (Lipinski definition) is 1. The third kappa shape index (κ3) is 6.94. The first-order valence-electron chi connectivity index (χ1n) is 11.9. The fourth-order valence-corrected chi connectivity index (χ4v) is 5.25. The van der Waals surface area contributed by atoms with Gasteiger partial charge in [-0.15, -0.1) is 24.0 Å². The first-order valence-corrected chi connectivity index (χ1v) is 11.9. The maximum Gasteiger partial charge on any atom is 0.194 e. The molecule has 3 saturated heterocycles. The number of hydrogen-bond acceptors (Lipinski definition) is 4. The average Bonchev–Trinajstić information content (AvgIpc) is 3.43. The highest BCUT2D eigenvalue weighted by Gasteiger charge is 2.31. The summed E-state index contributed by atoms with van der Waals surface area (Å²) in [6, 6.07) is 1.25. The molecule has 2 atom stereocenters. The summed E-state index contributed by atoms with van der Waals surface area (Å²) in [4.78, 5) is 13.0. The highest BCUT2D eigenvalue weighted by Crippen LogP contribution is 2.24. The molecule has 0 aliphatic carbocycles. The molecule has 3 heterocycles. The van der Waals surface area contributed by atoms with Crippen LogP contribution in [0.2, 0.25) is 0 Å². The van der Waals surface area contributed by atoms with E-state index in [-0.39, 0.29) is 24.0 Å². The van der Waals surface area contributed by atoms with E-state index in [9.17, 15) is 0 Å². The Bertz CT molecular complexity index is 474. The molecule has 0 bridgehead atoms. The van der Waals surface area contributed by atoms with E-state index >= 15 is 0 Å². The Hall–Kier alpha value is -0.120. The Morgan fingerprint density at radius 2 is 1.72 bits per heavy atom. The Labute approximate surface area is 195 Å². The predicted molar refractivity (Wildman–Crippen MR) is 132 cm³/mol. The van der Waals surface area contributed by atoms with E-state index in [1.165, 1.54) is 45.2 Å². The van der Waals surface area contributed by atoms with Crippen molar-refractivity contribution in [2.45, 2.75) is 65.0 Å². The second-order valence-corrected chi connectivity index (χ2v) is 8.62. The maximum absolute atomic E-state index is 5.53. The Morgan fingerprint density at radius 1 is 1.03 bits per heavy atom. The van der Waals surface area contributed by atoms with E-state index in [2.05, 4.69) is 40.8 Å². The van der Waals surface area contributed by atoms with Crippen LogP contribution in [0.5, 0.6) is 0 Å². The number of aliphatic imine (C=N–C) groups is 1. The summed E-state index contributed by atoms with van der Waals surface area (Å²) in [7, 11) is 0. The van der Waals surface area contributed by atoms with Crippen molar-refractivity contribution in [2.24, 2.45) is 10.9 Å². The van der Waals surface area contributed by atoms with Crippen molar-refractivity contribution in [3.63, 3.8) is 0 Å². The standard InChI is InChI=1S/C22H43N5O.HI/c1-4-19(5-2)21(26-10-7-8-11-26)17-24-22(23-6-3)27-12-9-20(18-27)25-13-15-28-16-14-25;/h19-21H,4-18H2,1-3H3,(H,23,24);1H. The van der Waals surface area contributed by atoms with Gasteiger partial charge in [-0.2, -0.15) is 0 Å². The lowest BCUT2D eigenvalue weighted by Crippen LogP contribution is -2.47. The van der Waals surface area contributed by atoms with Crippen LogP contribution in [0, 0.1) is 5.92 Å². The second kappa shape index (κ2) is 13.3. The van der Waals surface area contributed by atoms with E-state index in [1.807, 2.05) is 0 Å². The second-order valence-electron chi connectivity index (χ2n) is 8.62. The molecular formula is C22H44IN5O. The zero-order chi connectivity index (χ0) is 19.8. The van der Waals surface area contributed by atoms with Crippen molar-refractivity contribution in [3.05, 3.63) is 0 Å². The van der Waals surface area contributed by atoms with Crippen LogP contribution in [0.4, 0.5) is 0 Å². The van der Waals surface area contributed by atoms with Crippen molar-refractivity contribution in [1.82, 2.24) is 20.0 Å². The number of likely N-dealkylation sites (tertiary alicyclic amines) is 2. The molecule has 1 N–H and O–H groups in total. The van der Waals surface area contributed by atoms with Crippen molar-refractivity contribution in [3.8, 4) is 0 Å². The van der Waals surface area contributed by atoms with Gasteiger partial charge in [-0.1, -0.05) is 26.7 Å². The Morgan fingerprint density at radius 3 is 2.34 bits per heavy atom. The molecule has 3 rings (SSSR count). The summed E-state index contributed by atoms with van der Waals surface area (Å²) >= 11 is 0. The van der Waals surface area contributed by atoms with Crippen LogP contribution in [0.1, 0.15) is 52.9 Å². The van der Waals surface area contributed by atoms with Gasteiger partial charge >= 0.3 is 0 Å². The molecule has 2 unspecified atom stereocenters. The topological polar surface area (TPSA) is 43.3 Å². The third-order valence-electron chi connectivity index (χ3n) is 6.99. The van der Waals surface area contributed by atoms with Gasteiger partial charge in [0, 0.05) is 44.8 Å². The quantitative estimate of drug-likeness (QED) is 0.303. The first-order chi connectivity index (χ1) is 13.8. The summed E-state index contributed by atoms with van der Waals surface area (Å²) in [6.45, 7) is 17.4. The van der Waals surface area contributed by atoms with E-state index in [0.29, 0.717) is 12.1 Å². The SMILES string of the molecule is CCNC(=NCC(C(CC)CC)N1CCCC1)N1CCC(N2CCOCC2)C1.I. The summed E-state index contributed by atoms with van der Waals surface area (Å²) in [5.41, 5.74) is 0. The van der Waals surface area contributed by atoms with Crippen molar-refractivity contribution in [2.75, 3.05) is 65.6 Å². The van der Waals surface area contributed by atoms with Crippen LogP contribution in [-0.2, 0) is 4.74 Å². The van der Waals surface area contributed by atoms with Crippen molar-refractivity contribution >= 4 is 29.9 Å². The van der Waals surface area contributed by atoms with Crippen LogP contribution in [0.3, 0.4) is 0 Å². The average molecular weight is 522 g/mol. The van der Waals surface area contributed by atoms with Crippen LogP contribution in [-0.4, -0.2) is 98.3 Å². The zero-order valence-corrected chi connectivity index (χ0v) is 21.3. The number of nitrogens with zero attached hydrogens (tertiary/aromatic N) is 4. The fourth-order valence-electron chi connectivity index (χ4n) is 5.25. The molecule has 0 aromatic heterocycles. The number of nitrogens with one attached hydrogen (secondary N) is 1. The lowest BCUT2D eigenvalue weighted by molar-refractivity contribution is 0.0195. The molecule has 3 aliphatic heterocycles. The van der Waals surface area contributed by atoms with Gasteiger partial charge in [-0.05, 0) is 45.2 Å². The molecule has 29 heavy (non-hydrogen) atoms. The number of guanidine groups is 1. The van der Waals surface area contributed by atoms with Crippen LogP contribution < -0.4 is 5.32 Å². The monoisotopic (exact) mass is 521 g/mol. The molecule has 0 aromatic carbocycles. The van der Waals surface area contributed by atoms with Gasteiger partial charge in [0.1, 0.15) is 0 Å². The molecular weight excluding hydrogens is 477 g/mol. The van der Waals surface area contributed by atoms with Gasteiger partial charge in [-0.25, -0.2) is 0 Å². The van der Waals surface area contributed by atoms with Gasteiger partial charge in [0.05, 0.1) is 19.8 Å². The summed E-state index contributed by atoms with van der Waals surface area (Å²) < 4.78 is 5.53. The van der Waals surface area contributed by atoms with Gasteiger partial charge in [-0.3, -0.25) is 14.8 Å². The molecule has 0 aromatic rings. The molecule has 3 aliphatic rings. The summed E-state index contributed by atoms with van der Waals surface area (Å²) in [5, 5.41) is 3.58. The predicted octanol–water partition coefficient (Wildman–Crippen LogP) is 2.88. The fraction of sp³-hybridized carbons (Fsp3) is 0.955. The molecule has 3 fully saturated rings. The Kier molecular flexibility index (Phi) is 11.6. The van der Waals surface area contributed by atoms with Crippen LogP contribution in [0.15, 0.2) is 4.99 Å². The first kappa shape index (κ1) is 25.1. The minimum absolute atomic E-state index is 0. The largest absolute Gasteiger partial charge is 0.379 e. The van der Waals surface area contributed by atoms with E-state index in [1.54, 1.807) is 0 Å². The number of morpholine rings is 1. The minimum Gasteiger partial charge on any atom is -0.379 e. The lowest BCUT2D eigenvalue weighted by atomic mass is 9.93. The third-order valence-corrected chi connectivity index (χ3v) is 6.99. The van der Waals surface area contributed by atoms with Gasteiger partial charge in [0.2, 0.25) is 0 Å². The minimum atomic E-state index is 0. The number of halogens is 1. The van der Waals surface area contributed by atoms with Gasteiger partial charge < -0.3 is 15.0 Å². The maximum atomic E-state index is 5.53. The highest BCUT2D eigenvalue weighted by atomic mass is 127. The molecule has 0 spiro atoms. The molecule has 0 amide bonds. The lowest BCUT2D eigenvalue weighted by Gasteiger charge is -2.34. The van der Waals surface area contributed by atoms with Gasteiger partial charge in [0.15, 0.2) is 5.96 Å². The molecule has 0 radical (unpaired) electrons. The highest BCUT2D eigenvalue weighted by molar-refractivity contribution is 14.0. The number of ether oxygens (including phenoxy) is 1. The van der Waals surface area contributed by atoms with Crippen LogP contribution in [0.25, 0.3) is 0 Å². The van der Waals surface area contributed by atoms with Crippen molar-refractivity contribution in [1.29, 1.82) is 0 Å². The van der Waals surface area contributed by atoms with E-state index in [4.69, 9.17) is 9.73 Å². The molecule has 0 saturated carbocycles. The Balaban J connectivity index is 0.00000300.